The lowest BCUT2D eigenvalue weighted by Crippen LogP contribution is -2.12. The van der Waals surface area contributed by atoms with Crippen LogP contribution >= 0.6 is 11.8 Å². The second kappa shape index (κ2) is 6.56. The molecule has 0 spiro atoms. The summed E-state index contributed by atoms with van der Waals surface area (Å²) in [5.74, 6) is 0. The standard InChI is InChI=1S/C12H12N6S/c1-19-12(15-7-13)17-11-4-2-10(3-5-11)6-18-9-14-8-16-18/h2-5,8-9H,6H2,1H3,(H,15,17). The minimum atomic E-state index is 0.575. The first-order valence-electron chi connectivity index (χ1n) is 5.51. The molecule has 6 nitrogen and oxygen atoms in total. The number of rotatable bonds is 3. The number of benzene rings is 1. The fourth-order valence-electron chi connectivity index (χ4n) is 1.47. The molecular formula is C12H12N6S. The zero-order valence-electron chi connectivity index (χ0n) is 10.3. The predicted molar refractivity (Wildman–Crippen MR) is 74.9 cm³/mol. The second-order valence-electron chi connectivity index (χ2n) is 3.62. The third-order valence-electron chi connectivity index (χ3n) is 2.33. The van der Waals surface area contributed by atoms with Gasteiger partial charge < -0.3 is 0 Å². The molecule has 0 aliphatic heterocycles. The van der Waals surface area contributed by atoms with Crippen molar-refractivity contribution in [3.8, 4) is 6.19 Å². The molecule has 7 heteroatoms. The van der Waals surface area contributed by atoms with Gasteiger partial charge in [0.2, 0.25) is 0 Å². The Morgan fingerprint density at radius 2 is 2.26 bits per heavy atom. The minimum absolute atomic E-state index is 0.575. The molecule has 2 aromatic rings. The molecule has 0 saturated heterocycles. The Morgan fingerprint density at radius 1 is 1.47 bits per heavy atom. The van der Waals surface area contributed by atoms with E-state index in [1.54, 1.807) is 11.0 Å². The van der Waals surface area contributed by atoms with Crippen LogP contribution < -0.4 is 5.32 Å². The molecule has 1 N–H and O–H groups in total. The maximum atomic E-state index is 8.56. The minimum Gasteiger partial charge on any atom is -0.271 e. The highest BCUT2D eigenvalue weighted by Crippen LogP contribution is 2.15. The van der Waals surface area contributed by atoms with Crippen molar-refractivity contribution < 1.29 is 0 Å². The van der Waals surface area contributed by atoms with Crippen LogP contribution in [0.1, 0.15) is 5.56 Å². The highest BCUT2D eigenvalue weighted by Gasteiger charge is 1.98. The smallest absolute Gasteiger partial charge is 0.183 e. The largest absolute Gasteiger partial charge is 0.271 e. The van der Waals surface area contributed by atoms with Crippen molar-refractivity contribution in [1.82, 2.24) is 20.1 Å². The average molecular weight is 272 g/mol. The topological polar surface area (TPSA) is 78.9 Å². The number of thioether (sulfide) groups is 1. The molecule has 0 amide bonds. The maximum Gasteiger partial charge on any atom is 0.183 e. The predicted octanol–water partition coefficient (Wildman–Crippen LogP) is 1.75. The van der Waals surface area contributed by atoms with Crippen LogP contribution in [0.25, 0.3) is 0 Å². The number of amidine groups is 1. The average Bonchev–Trinajstić information content (AvgIpc) is 2.93. The summed E-state index contributed by atoms with van der Waals surface area (Å²) >= 11 is 1.39. The van der Waals surface area contributed by atoms with Gasteiger partial charge in [0.1, 0.15) is 12.7 Å². The summed E-state index contributed by atoms with van der Waals surface area (Å²) in [5, 5.41) is 15.7. The number of nitriles is 1. The molecule has 1 aromatic carbocycles. The lowest BCUT2D eigenvalue weighted by Gasteiger charge is -2.03. The third kappa shape index (κ3) is 3.82. The van der Waals surface area contributed by atoms with Crippen LogP contribution in [0.2, 0.25) is 0 Å². The molecule has 2 rings (SSSR count). The van der Waals surface area contributed by atoms with E-state index in [0.29, 0.717) is 11.7 Å². The van der Waals surface area contributed by atoms with Crippen molar-refractivity contribution in [2.24, 2.45) is 4.99 Å². The van der Waals surface area contributed by atoms with E-state index in [1.165, 1.54) is 18.1 Å². The quantitative estimate of drug-likeness (QED) is 0.398. The van der Waals surface area contributed by atoms with Crippen molar-refractivity contribution >= 4 is 22.6 Å². The summed E-state index contributed by atoms with van der Waals surface area (Å²) < 4.78 is 1.75. The van der Waals surface area contributed by atoms with E-state index in [9.17, 15) is 0 Å². The van der Waals surface area contributed by atoms with Crippen molar-refractivity contribution in [2.45, 2.75) is 6.54 Å². The summed E-state index contributed by atoms with van der Waals surface area (Å²) in [7, 11) is 0. The first kappa shape index (κ1) is 13.1. The molecule has 0 fully saturated rings. The van der Waals surface area contributed by atoms with Crippen LogP contribution in [0.4, 0.5) is 5.69 Å². The number of aliphatic imine (C=N–C) groups is 1. The fourth-order valence-corrected chi connectivity index (χ4v) is 1.81. The number of hydrogen-bond donors (Lipinski definition) is 1. The fraction of sp³-hybridized carbons (Fsp3) is 0.167. The lowest BCUT2D eigenvalue weighted by atomic mass is 10.2. The Morgan fingerprint density at radius 3 is 2.84 bits per heavy atom. The van der Waals surface area contributed by atoms with Crippen LogP contribution in [-0.2, 0) is 6.54 Å². The first-order chi connectivity index (χ1) is 9.31. The summed E-state index contributed by atoms with van der Waals surface area (Å²) in [6, 6.07) is 7.76. The summed E-state index contributed by atoms with van der Waals surface area (Å²) in [6.07, 6.45) is 6.91. The van der Waals surface area contributed by atoms with Crippen LogP contribution in [0, 0.1) is 11.5 Å². The van der Waals surface area contributed by atoms with Gasteiger partial charge in [-0.2, -0.15) is 10.4 Å². The highest BCUT2D eigenvalue weighted by atomic mass is 32.2. The van der Waals surface area contributed by atoms with Crippen molar-refractivity contribution in [2.75, 3.05) is 6.26 Å². The highest BCUT2D eigenvalue weighted by molar-refractivity contribution is 8.13. The van der Waals surface area contributed by atoms with Gasteiger partial charge in [-0.1, -0.05) is 23.9 Å². The van der Waals surface area contributed by atoms with Gasteiger partial charge in [-0.3, -0.25) is 5.32 Å². The van der Waals surface area contributed by atoms with Gasteiger partial charge in [0.05, 0.1) is 12.2 Å². The van der Waals surface area contributed by atoms with E-state index < -0.39 is 0 Å². The van der Waals surface area contributed by atoms with Gasteiger partial charge >= 0.3 is 0 Å². The normalized spacial score (nSPS) is 11.1. The number of aromatic nitrogens is 3. The van der Waals surface area contributed by atoms with E-state index >= 15 is 0 Å². The molecule has 0 bridgehead atoms. The van der Waals surface area contributed by atoms with Gasteiger partial charge in [-0.25, -0.2) is 14.7 Å². The van der Waals surface area contributed by atoms with E-state index in [2.05, 4.69) is 20.4 Å². The van der Waals surface area contributed by atoms with Crippen LogP contribution in [-0.4, -0.2) is 26.2 Å². The van der Waals surface area contributed by atoms with Crippen molar-refractivity contribution in [3.05, 3.63) is 42.5 Å². The van der Waals surface area contributed by atoms with E-state index in [4.69, 9.17) is 5.26 Å². The zero-order valence-corrected chi connectivity index (χ0v) is 11.1. The van der Waals surface area contributed by atoms with E-state index in [0.717, 1.165) is 11.3 Å². The van der Waals surface area contributed by atoms with E-state index in [-0.39, 0.29) is 0 Å². The first-order valence-corrected chi connectivity index (χ1v) is 6.73. The van der Waals surface area contributed by atoms with Crippen molar-refractivity contribution in [3.63, 3.8) is 0 Å². The maximum absolute atomic E-state index is 8.56. The van der Waals surface area contributed by atoms with Crippen LogP contribution in [0.3, 0.4) is 0 Å². The Kier molecular flexibility index (Phi) is 4.53. The Hall–Kier alpha value is -2.33. The van der Waals surface area contributed by atoms with Gasteiger partial charge in [-0.05, 0) is 24.0 Å². The van der Waals surface area contributed by atoms with Crippen LogP contribution in [0.5, 0.6) is 0 Å². The SMILES string of the molecule is CSC(=Nc1ccc(Cn2cncn2)cc1)NC#N. The Bertz CT molecular complexity index is 582. The molecule has 0 unspecified atom stereocenters. The molecule has 19 heavy (non-hydrogen) atoms. The summed E-state index contributed by atoms with van der Waals surface area (Å²) in [5.41, 5.74) is 1.91. The molecule has 0 aliphatic carbocycles. The summed E-state index contributed by atoms with van der Waals surface area (Å²) in [4.78, 5) is 8.21. The number of hydrogen-bond acceptors (Lipinski definition) is 5. The number of nitrogens with one attached hydrogen (secondary N) is 1. The van der Waals surface area contributed by atoms with Gasteiger partial charge in [0.15, 0.2) is 11.4 Å². The van der Waals surface area contributed by atoms with Gasteiger partial charge in [0, 0.05) is 0 Å². The molecule has 0 aliphatic rings. The molecule has 0 radical (unpaired) electrons. The van der Waals surface area contributed by atoms with Crippen LogP contribution in [0.15, 0.2) is 41.9 Å². The molecule has 1 aromatic heterocycles. The molecule has 96 valence electrons. The van der Waals surface area contributed by atoms with E-state index in [1.807, 2.05) is 36.7 Å². The summed E-state index contributed by atoms with van der Waals surface area (Å²) in [6.45, 7) is 0.676. The second-order valence-corrected chi connectivity index (χ2v) is 4.41. The van der Waals surface area contributed by atoms with Gasteiger partial charge in [0.25, 0.3) is 0 Å². The van der Waals surface area contributed by atoms with Gasteiger partial charge in [-0.15, -0.1) is 0 Å². The number of nitrogens with zero attached hydrogens (tertiary/aromatic N) is 5. The van der Waals surface area contributed by atoms with Crippen molar-refractivity contribution in [1.29, 1.82) is 5.26 Å². The Labute approximate surface area is 115 Å². The third-order valence-corrected chi connectivity index (χ3v) is 2.91. The molecule has 0 saturated carbocycles. The molecule has 1 heterocycles. The lowest BCUT2D eigenvalue weighted by molar-refractivity contribution is 0.685. The zero-order chi connectivity index (χ0) is 13.5. The monoisotopic (exact) mass is 272 g/mol. The Balaban J connectivity index is 2.08. The molecule has 0 atom stereocenters. The molecular weight excluding hydrogens is 260 g/mol.